The van der Waals surface area contributed by atoms with Crippen molar-refractivity contribution < 1.29 is 60.4 Å². The number of methoxy groups -OCH3 is 1. The van der Waals surface area contributed by atoms with Gasteiger partial charge in [0.25, 0.3) is 11.8 Å². The molecule has 4 atom stereocenters. The fourth-order valence-corrected chi connectivity index (χ4v) is 10.7. The molecule has 0 aromatic heterocycles. The van der Waals surface area contributed by atoms with E-state index in [2.05, 4.69) is 40.4 Å². The molecular formula is C57H61N5O13S2. The number of amides is 4. The van der Waals surface area contributed by atoms with E-state index >= 15 is 0 Å². The van der Waals surface area contributed by atoms with Crippen LogP contribution in [0.25, 0.3) is 0 Å². The largest absolute Gasteiger partial charge is 0.493 e. The molecule has 77 heavy (non-hydrogen) atoms. The van der Waals surface area contributed by atoms with Crippen molar-refractivity contribution in [1.82, 2.24) is 10.2 Å². The topological polar surface area (TPSA) is 233 Å². The number of rotatable bonds is 19. The predicted octanol–water partition coefficient (Wildman–Crippen LogP) is 7.68. The second-order valence-electron chi connectivity index (χ2n) is 19.8. The summed E-state index contributed by atoms with van der Waals surface area (Å²) >= 11 is 3.62. The number of hydrogen-bond acceptors (Lipinski definition) is 15. The Morgan fingerprint density at radius 3 is 1.81 bits per heavy atom. The number of nitrogens with one attached hydrogen (secondary N) is 3. The van der Waals surface area contributed by atoms with E-state index in [1.54, 1.807) is 27.0 Å². The molecule has 5 aromatic carbocycles. The van der Waals surface area contributed by atoms with Crippen LogP contribution >= 0.6 is 12.8 Å². The Morgan fingerprint density at radius 2 is 1.23 bits per heavy atom. The quantitative estimate of drug-likeness (QED) is 0.0353. The summed E-state index contributed by atoms with van der Waals surface area (Å²) < 4.78 is 44.2. The average molecular weight is 1090 g/mol. The Kier molecular flexibility index (Phi) is 18.1. The summed E-state index contributed by atoms with van der Waals surface area (Å²) in [4.78, 5) is 89.9. The van der Waals surface area contributed by atoms with Crippen LogP contribution in [0.2, 0.25) is 0 Å². The highest BCUT2D eigenvalue weighted by atomic mass is 32.2. The molecule has 0 saturated heterocycles. The number of ketones is 1. The van der Waals surface area contributed by atoms with Gasteiger partial charge in [0.2, 0.25) is 11.8 Å². The maximum atomic E-state index is 14.1. The number of aryl methyl sites for hydroxylation is 3. The molecule has 0 bridgehead atoms. The van der Waals surface area contributed by atoms with Crippen LogP contribution < -0.4 is 39.5 Å². The SMILES string of the molecule is COc1cc2c(cc1OCc1cc(COc3cc4c(cc3C)C(=O)N3c5ccccc5C[C@H]3CC4)cc(NC(=O)[C@H](C)CC(=O)[C@H](C)NC(=O)CCCCC(=O)ONS)c1)CC[C@@H]1Cc3ccccc3N1C2=O.O=S(=O)=O. The molecule has 20 heteroatoms. The van der Waals surface area contributed by atoms with Crippen molar-refractivity contribution in [2.75, 3.05) is 22.2 Å². The van der Waals surface area contributed by atoms with Crippen LogP contribution in [0.5, 0.6) is 17.2 Å². The van der Waals surface area contributed by atoms with Gasteiger partial charge in [0.1, 0.15) is 19.0 Å². The molecule has 18 nitrogen and oxygen atoms in total. The fraction of sp³-hybridized carbons (Fsp3) is 0.368. The molecule has 4 aliphatic rings. The Labute approximate surface area is 453 Å². The number of para-hydroxylation sites is 2. The lowest BCUT2D eigenvalue weighted by Gasteiger charge is -2.23. The van der Waals surface area contributed by atoms with Crippen LogP contribution in [-0.4, -0.2) is 73.2 Å². The molecular weight excluding hydrogens is 1030 g/mol. The Balaban J connectivity index is 0.00000189. The van der Waals surface area contributed by atoms with Crippen molar-refractivity contribution in [3.63, 3.8) is 0 Å². The summed E-state index contributed by atoms with van der Waals surface area (Å²) in [6.07, 6.45) is 5.63. The van der Waals surface area contributed by atoms with Gasteiger partial charge in [0, 0.05) is 65.5 Å². The van der Waals surface area contributed by atoms with E-state index in [-0.39, 0.29) is 68.1 Å². The molecule has 4 heterocycles. The van der Waals surface area contributed by atoms with Gasteiger partial charge < -0.3 is 39.5 Å². The molecule has 0 aliphatic carbocycles. The number of anilines is 3. The minimum atomic E-state index is -3.11. The lowest BCUT2D eigenvalue weighted by atomic mass is 9.98. The fourth-order valence-electron chi connectivity index (χ4n) is 10.6. The van der Waals surface area contributed by atoms with E-state index in [9.17, 15) is 28.8 Å². The van der Waals surface area contributed by atoms with Crippen LogP contribution in [0.15, 0.2) is 91.0 Å². The molecule has 0 spiro atoms. The zero-order valence-electron chi connectivity index (χ0n) is 43.2. The Bertz CT molecular complexity index is 3220. The van der Waals surface area contributed by atoms with Gasteiger partial charge in [0.15, 0.2) is 17.3 Å². The van der Waals surface area contributed by atoms with E-state index in [1.807, 2.05) is 94.4 Å². The first-order chi connectivity index (χ1) is 37.0. The van der Waals surface area contributed by atoms with Gasteiger partial charge in [-0.2, -0.15) is 0 Å². The first-order valence-electron chi connectivity index (χ1n) is 25.6. The van der Waals surface area contributed by atoms with Crippen molar-refractivity contribution in [2.45, 2.75) is 123 Å². The molecule has 0 radical (unpaired) electrons. The number of carbonyl (C=O) groups is 6. The summed E-state index contributed by atoms with van der Waals surface area (Å²) in [6.45, 7) is 5.37. The summed E-state index contributed by atoms with van der Waals surface area (Å²) in [5, 5.41) is 5.71. The van der Waals surface area contributed by atoms with Crippen LogP contribution in [0.1, 0.15) is 118 Å². The summed E-state index contributed by atoms with van der Waals surface area (Å²) in [5.41, 5.74) is 10.1. The van der Waals surface area contributed by atoms with Crippen LogP contribution in [0, 0.1) is 12.8 Å². The summed E-state index contributed by atoms with van der Waals surface area (Å²) in [7, 11) is -1.56. The highest BCUT2D eigenvalue weighted by Gasteiger charge is 2.39. The monoisotopic (exact) mass is 1090 g/mol. The van der Waals surface area contributed by atoms with Crippen molar-refractivity contribution >= 4 is 75.9 Å². The van der Waals surface area contributed by atoms with Crippen LogP contribution in [-0.2, 0) is 73.5 Å². The average Bonchev–Trinajstić information content (AvgIpc) is 3.90. The zero-order chi connectivity index (χ0) is 54.9. The van der Waals surface area contributed by atoms with Crippen LogP contribution in [0.3, 0.4) is 0 Å². The standard InChI is InChI=1S/C57H61N5O10S.O3S/c1-33-21-45-38(17-19-43-26-40-11-5-7-13-47(40)61(43)56(45)67)28-50(33)70-31-36-23-37(25-42(24-36)59-55(66)34(2)22-49(63)35(3)58-53(64)15-9-10-16-54(65)72-60-73)32-71-52-29-39-18-20-44-27-41-12-6-8-14-48(41)62(44)57(68)46(39)30-51(52)69-4;1-4(2)3/h5-8,11-14,21,23-25,28-30,34-35,43-44,60,73H,9-10,15-20,22,26-27,31-32H2,1-4H3,(H,58,64)(H,59,66);/t34-,35+,43-,44-;/m1./s1. The Hall–Kier alpha value is -7.55. The van der Waals surface area contributed by atoms with E-state index < -0.39 is 34.4 Å². The number of Topliss-reactive ketones (excluding diaryl/α,β-unsaturated/α-hetero) is 1. The number of benzene rings is 5. The molecule has 3 N–H and O–H groups in total. The molecule has 4 aliphatic heterocycles. The molecule has 0 fully saturated rings. The third-order valence-electron chi connectivity index (χ3n) is 14.4. The minimum absolute atomic E-state index is 0.000119. The number of hydrogen-bond donors (Lipinski definition) is 4. The van der Waals surface area contributed by atoms with Crippen molar-refractivity contribution in [2.24, 2.45) is 5.92 Å². The van der Waals surface area contributed by atoms with Crippen molar-refractivity contribution in [3.05, 3.63) is 141 Å². The second-order valence-corrected chi connectivity index (χ2v) is 20.4. The number of nitrogens with zero attached hydrogens (tertiary/aromatic N) is 2. The van der Waals surface area contributed by atoms with Gasteiger partial charge in [-0.15, -0.1) is 12.6 Å². The lowest BCUT2D eigenvalue weighted by Crippen LogP contribution is -2.39. The van der Waals surface area contributed by atoms with Gasteiger partial charge in [-0.05, 0) is 159 Å². The molecule has 5 aromatic rings. The number of fused-ring (bicyclic) bond motifs is 8. The van der Waals surface area contributed by atoms with Gasteiger partial charge in [-0.3, -0.25) is 28.8 Å². The number of ether oxygens (including phenoxy) is 3. The van der Waals surface area contributed by atoms with Crippen molar-refractivity contribution in [1.29, 1.82) is 0 Å². The number of unbranched alkanes of at least 4 members (excludes halogenated alkanes) is 1. The zero-order valence-corrected chi connectivity index (χ0v) is 44.9. The van der Waals surface area contributed by atoms with Crippen molar-refractivity contribution in [3.8, 4) is 17.2 Å². The van der Waals surface area contributed by atoms with Crippen LogP contribution in [0.4, 0.5) is 17.1 Å². The first-order valence-corrected chi connectivity index (χ1v) is 27.0. The highest BCUT2D eigenvalue weighted by Crippen LogP contribution is 2.42. The van der Waals surface area contributed by atoms with Gasteiger partial charge >= 0.3 is 16.6 Å². The maximum absolute atomic E-state index is 14.1. The van der Waals surface area contributed by atoms with E-state index in [0.717, 1.165) is 65.7 Å². The number of thiol groups is 1. The molecule has 4 amide bonds. The third kappa shape index (κ3) is 13.4. The number of carbonyl (C=O) groups excluding carboxylic acids is 6. The second kappa shape index (κ2) is 25.1. The first kappa shape index (κ1) is 55.7. The normalized spacial score (nSPS) is 16.5. The van der Waals surface area contributed by atoms with Gasteiger partial charge in [0.05, 0.1) is 13.2 Å². The predicted molar refractivity (Wildman–Crippen MR) is 289 cm³/mol. The Morgan fingerprint density at radius 1 is 0.701 bits per heavy atom. The van der Waals surface area contributed by atoms with E-state index in [4.69, 9.17) is 26.8 Å². The van der Waals surface area contributed by atoms with E-state index in [0.29, 0.717) is 58.9 Å². The maximum Gasteiger partial charge on any atom is 0.425 e. The summed E-state index contributed by atoms with van der Waals surface area (Å²) in [6, 6.07) is 28.6. The van der Waals surface area contributed by atoms with Gasteiger partial charge in [-0.1, -0.05) is 61.0 Å². The van der Waals surface area contributed by atoms with Gasteiger partial charge in [-0.25, -0.2) is 0 Å². The van der Waals surface area contributed by atoms with E-state index in [1.165, 1.54) is 11.1 Å². The molecule has 0 unspecified atom stereocenters. The molecule has 404 valence electrons. The lowest BCUT2D eigenvalue weighted by molar-refractivity contribution is -0.146. The minimum Gasteiger partial charge on any atom is -0.493 e. The molecule has 0 saturated carbocycles. The molecule has 9 rings (SSSR count). The highest BCUT2D eigenvalue weighted by molar-refractivity contribution is 7.77. The third-order valence-corrected chi connectivity index (χ3v) is 14.5. The summed E-state index contributed by atoms with van der Waals surface area (Å²) in [5.74, 6) is -0.798. The smallest absolute Gasteiger partial charge is 0.425 e.